The fourth-order valence-corrected chi connectivity index (χ4v) is 5.67. The molecule has 0 aromatic carbocycles. The van der Waals surface area contributed by atoms with Gasteiger partial charge in [0.05, 0.1) is 12.2 Å². The smallest absolute Gasteiger partial charge is 0.305 e. The van der Waals surface area contributed by atoms with Gasteiger partial charge in [0, 0.05) is 0 Å². The van der Waals surface area contributed by atoms with Crippen LogP contribution < -0.4 is 5.32 Å². The van der Waals surface area contributed by atoms with Crippen molar-refractivity contribution in [1.29, 1.82) is 0 Å². The van der Waals surface area contributed by atoms with Gasteiger partial charge in [0.15, 0.2) is 0 Å². The van der Waals surface area contributed by atoms with Crippen LogP contribution in [-0.2, 0) is 13.6 Å². The van der Waals surface area contributed by atoms with Gasteiger partial charge >= 0.3 is 7.60 Å². The first-order valence-electron chi connectivity index (χ1n) is 10.3. The van der Waals surface area contributed by atoms with Crippen LogP contribution in [0.15, 0.2) is 0 Å². The third kappa shape index (κ3) is 10.1. The van der Waals surface area contributed by atoms with Crippen LogP contribution in [0.2, 0.25) is 0 Å². The van der Waals surface area contributed by atoms with Gasteiger partial charge in [-0.15, -0.1) is 0 Å². The molecule has 4 nitrogen and oxygen atoms in total. The third-order valence-electron chi connectivity index (χ3n) is 4.15. The van der Waals surface area contributed by atoms with E-state index in [9.17, 15) is 4.57 Å². The van der Waals surface area contributed by atoms with Crippen molar-refractivity contribution in [2.24, 2.45) is 5.92 Å². The van der Waals surface area contributed by atoms with Crippen LogP contribution in [0.25, 0.3) is 0 Å². The van der Waals surface area contributed by atoms with Gasteiger partial charge in [0.1, 0.15) is 5.28 Å². The van der Waals surface area contributed by atoms with Crippen LogP contribution in [0.3, 0.4) is 0 Å². The first-order chi connectivity index (χ1) is 11.6. The predicted molar refractivity (Wildman–Crippen MR) is 109 cm³/mol. The minimum atomic E-state index is -3.28. The molecule has 0 aliphatic carbocycles. The topological polar surface area (TPSA) is 47.6 Å². The summed E-state index contributed by atoms with van der Waals surface area (Å²) < 4.78 is 25.5. The first-order valence-corrected chi connectivity index (χ1v) is 11.8. The zero-order valence-electron chi connectivity index (χ0n) is 18.1. The molecule has 0 saturated heterocycles. The van der Waals surface area contributed by atoms with Crippen LogP contribution in [0.1, 0.15) is 100 Å². The van der Waals surface area contributed by atoms with Crippen molar-refractivity contribution >= 4 is 7.60 Å². The van der Waals surface area contributed by atoms with Crippen LogP contribution in [-0.4, -0.2) is 24.0 Å². The van der Waals surface area contributed by atoms with E-state index in [0.717, 1.165) is 19.4 Å². The Balaban J connectivity index is 4.96. The highest BCUT2D eigenvalue weighted by Crippen LogP contribution is 2.62. The molecule has 0 aliphatic heterocycles. The molecule has 0 aliphatic rings. The molecule has 0 fully saturated rings. The Hall–Kier alpha value is 0.110. The Kier molecular flexibility index (Phi) is 12.5. The summed E-state index contributed by atoms with van der Waals surface area (Å²) in [4.78, 5) is 0. The van der Waals surface area contributed by atoms with E-state index < -0.39 is 12.9 Å². The Morgan fingerprint density at radius 2 is 1.36 bits per heavy atom. The predicted octanol–water partition coefficient (Wildman–Crippen LogP) is 6.74. The summed E-state index contributed by atoms with van der Waals surface area (Å²) in [5.41, 5.74) is 0. The van der Waals surface area contributed by atoms with Crippen molar-refractivity contribution in [2.75, 3.05) is 6.54 Å². The molecule has 5 heteroatoms. The minimum Gasteiger partial charge on any atom is -0.305 e. The van der Waals surface area contributed by atoms with Gasteiger partial charge in [-0.25, -0.2) is 0 Å². The van der Waals surface area contributed by atoms with Gasteiger partial charge in [0.2, 0.25) is 0 Å². The monoisotopic (exact) mass is 377 g/mol. The summed E-state index contributed by atoms with van der Waals surface area (Å²) in [7, 11) is -3.28. The van der Waals surface area contributed by atoms with Gasteiger partial charge in [-0.1, -0.05) is 52.9 Å². The summed E-state index contributed by atoms with van der Waals surface area (Å²) in [5.74, 6) is 0.405. The van der Waals surface area contributed by atoms with E-state index in [1.807, 2.05) is 34.6 Å². The average molecular weight is 378 g/mol. The highest BCUT2D eigenvalue weighted by Gasteiger charge is 2.48. The van der Waals surface area contributed by atoms with E-state index in [1.165, 1.54) is 32.1 Å². The lowest BCUT2D eigenvalue weighted by Gasteiger charge is -2.40. The minimum absolute atomic E-state index is 0.132. The van der Waals surface area contributed by atoms with Crippen molar-refractivity contribution < 1.29 is 13.6 Å². The highest BCUT2D eigenvalue weighted by atomic mass is 31.2. The van der Waals surface area contributed by atoms with Crippen LogP contribution >= 0.6 is 7.60 Å². The molecule has 0 rings (SSSR count). The zero-order chi connectivity index (χ0) is 19.5. The van der Waals surface area contributed by atoms with E-state index in [0.29, 0.717) is 5.92 Å². The fourth-order valence-electron chi connectivity index (χ4n) is 3.15. The molecule has 0 heterocycles. The standard InChI is InChI=1S/C20H44NO3P/c1-9-10-11-12-13-14-15-21-20(8,16-17(2)3)25(22,23-18(4)5)24-19(6)7/h17-19,21H,9-16H2,1-8H3. The Morgan fingerprint density at radius 3 is 1.80 bits per heavy atom. The van der Waals surface area contributed by atoms with E-state index in [1.54, 1.807) is 0 Å². The molecule has 1 atom stereocenters. The molecular weight excluding hydrogens is 333 g/mol. The second kappa shape index (κ2) is 12.5. The number of nitrogens with one attached hydrogen (secondary N) is 1. The average Bonchev–Trinajstić information content (AvgIpc) is 2.43. The first kappa shape index (κ1) is 25.1. The summed E-state index contributed by atoms with van der Waals surface area (Å²) in [6.45, 7) is 17.1. The molecular formula is C20H44NO3P. The zero-order valence-corrected chi connectivity index (χ0v) is 19.0. The Bertz CT molecular complexity index is 371. The molecule has 0 radical (unpaired) electrons. The molecule has 152 valence electrons. The van der Waals surface area contributed by atoms with Crippen molar-refractivity contribution in [2.45, 2.75) is 118 Å². The van der Waals surface area contributed by atoms with Gasteiger partial charge in [-0.05, 0) is 59.9 Å². The largest absolute Gasteiger partial charge is 0.350 e. The summed E-state index contributed by atoms with van der Waals surface area (Å²) in [6, 6.07) is 0. The number of hydrogen-bond donors (Lipinski definition) is 1. The third-order valence-corrected chi connectivity index (χ3v) is 7.09. The lowest BCUT2D eigenvalue weighted by Crippen LogP contribution is -2.45. The number of unbranched alkanes of at least 4 members (excludes halogenated alkanes) is 5. The van der Waals surface area contributed by atoms with Crippen molar-refractivity contribution in [3.05, 3.63) is 0 Å². The second-order valence-electron chi connectivity index (χ2n) is 8.37. The fraction of sp³-hybridized carbons (Fsp3) is 1.00. The maximum absolute atomic E-state index is 13.7. The number of rotatable bonds is 15. The van der Waals surface area contributed by atoms with E-state index in [2.05, 4.69) is 26.1 Å². The normalized spacial score (nSPS) is 15.3. The van der Waals surface area contributed by atoms with E-state index in [4.69, 9.17) is 9.05 Å². The molecule has 0 amide bonds. The molecule has 0 aromatic heterocycles. The summed E-state index contributed by atoms with van der Waals surface area (Å²) >= 11 is 0. The Labute approximate surface area is 157 Å². The van der Waals surface area contributed by atoms with Gasteiger partial charge in [-0.3, -0.25) is 4.57 Å². The molecule has 1 N–H and O–H groups in total. The van der Waals surface area contributed by atoms with Gasteiger partial charge < -0.3 is 14.4 Å². The molecule has 0 spiro atoms. The maximum atomic E-state index is 13.7. The Morgan fingerprint density at radius 1 is 0.880 bits per heavy atom. The number of hydrogen-bond acceptors (Lipinski definition) is 4. The van der Waals surface area contributed by atoms with Crippen LogP contribution in [0.4, 0.5) is 0 Å². The van der Waals surface area contributed by atoms with Gasteiger partial charge in [0.25, 0.3) is 0 Å². The van der Waals surface area contributed by atoms with Gasteiger partial charge in [-0.2, -0.15) is 0 Å². The summed E-state index contributed by atoms with van der Waals surface area (Å²) in [6.07, 6.45) is 7.99. The molecule has 0 saturated carbocycles. The van der Waals surface area contributed by atoms with Crippen molar-refractivity contribution in [3.8, 4) is 0 Å². The van der Waals surface area contributed by atoms with Crippen LogP contribution in [0, 0.1) is 5.92 Å². The second-order valence-corrected chi connectivity index (χ2v) is 10.8. The SMILES string of the molecule is CCCCCCCCNC(C)(CC(C)C)P(=O)(OC(C)C)OC(C)C. The van der Waals surface area contributed by atoms with Crippen molar-refractivity contribution in [3.63, 3.8) is 0 Å². The van der Waals surface area contributed by atoms with E-state index in [-0.39, 0.29) is 12.2 Å². The highest BCUT2D eigenvalue weighted by molar-refractivity contribution is 7.55. The van der Waals surface area contributed by atoms with E-state index >= 15 is 0 Å². The lowest BCUT2D eigenvalue weighted by atomic mass is 10.0. The molecule has 25 heavy (non-hydrogen) atoms. The van der Waals surface area contributed by atoms with Crippen LogP contribution in [0.5, 0.6) is 0 Å². The molecule has 0 aromatic rings. The lowest BCUT2D eigenvalue weighted by molar-refractivity contribution is 0.117. The molecule has 1 unspecified atom stereocenters. The van der Waals surface area contributed by atoms with Crippen molar-refractivity contribution in [1.82, 2.24) is 5.32 Å². The maximum Gasteiger partial charge on any atom is 0.350 e. The quantitative estimate of drug-likeness (QED) is 0.253. The summed E-state index contributed by atoms with van der Waals surface area (Å²) in [5, 5.41) is 2.90. The molecule has 0 bridgehead atoms.